The number of rotatable bonds is 4. The molecule has 0 aliphatic carbocycles. The second-order valence-electron chi connectivity index (χ2n) is 4.08. The van der Waals surface area contributed by atoms with Crippen LogP contribution in [0.4, 0.5) is 0 Å². The average molecular weight is 206 g/mol. The number of primary amides is 1. The Bertz CT molecular complexity index is 386. The highest BCUT2D eigenvalue weighted by atomic mass is 16.1. The molecule has 1 aromatic heterocycles. The maximum absolute atomic E-state index is 11.1. The zero-order chi connectivity index (χ0) is 11.5. The van der Waals surface area contributed by atoms with Gasteiger partial charge >= 0.3 is 0 Å². The zero-order valence-corrected chi connectivity index (χ0v) is 8.86. The normalized spacial score (nSPS) is 11.1. The van der Waals surface area contributed by atoms with Crippen LogP contribution in [0.15, 0.2) is 18.3 Å². The van der Waals surface area contributed by atoms with E-state index in [1.165, 1.54) is 0 Å². The van der Waals surface area contributed by atoms with Crippen LogP contribution in [0.1, 0.15) is 29.9 Å². The summed E-state index contributed by atoms with van der Waals surface area (Å²) in [5, 5.41) is 0. The minimum absolute atomic E-state index is 0.372. The number of carbonyl (C=O) groups is 2. The van der Waals surface area contributed by atoms with E-state index in [0.29, 0.717) is 17.7 Å². The molecular weight excluding hydrogens is 192 g/mol. The molecule has 1 heterocycles. The second-order valence-corrected chi connectivity index (χ2v) is 4.08. The van der Waals surface area contributed by atoms with Gasteiger partial charge in [-0.1, -0.05) is 13.8 Å². The van der Waals surface area contributed by atoms with E-state index < -0.39 is 11.3 Å². The van der Waals surface area contributed by atoms with Crippen LogP contribution in [-0.4, -0.2) is 17.2 Å². The van der Waals surface area contributed by atoms with Gasteiger partial charge < -0.3 is 5.73 Å². The first-order chi connectivity index (χ1) is 6.97. The highest BCUT2D eigenvalue weighted by molar-refractivity contribution is 5.81. The van der Waals surface area contributed by atoms with E-state index in [1.54, 1.807) is 32.2 Å². The Morgan fingerprint density at radius 3 is 2.80 bits per heavy atom. The van der Waals surface area contributed by atoms with Gasteiger partial charge in [0.2, 0.25) is 5.91 Å². The molecule has 0 fully saturated rings. The number of nitrogens with two attached hydrogens (primary N) is 1. The molecule has 4 nitrogen and oxygen atoms in total. The van der Waals surface area contributed by atoms with Crippen molar-refractivity contribution in [1.82, 2.24) is 4.98 Å². The van der Waals surface area contributed by atoms with E-state index >= 15 is 0 Å². The first-order valence-electron chi connectivity index (χ1n) is 4.66. The number of carbonyl (C=O) groups excluding carboxylic acids is 2. The van der Waals surface area contributed by atoms with Gasteiger partial charge in [0.05, 0.1) is 5.69 Å². The standard InChI is InChI=1S/C11H14N2O2/c1-11(2,10(12)15)6-9-8(7-14)4-3-5-13-9/h3-5,7H,6H2,1-2H3,(H2,12,15). The lowest BCUT2D eigenvalue weighted by molar-refractivity contribution is -0.125. The van der Waals surface area contributed by atoms with Gasteiger partial charge in [0.15, 0.2) is 6.29 Å². The summed E-state index contributed by atoms with van der Waals surface area (Å²) in [4.78, 5) is 25.9. The van der Waals surface area contributed by atoms with Crippen LogP contribution in [0.2, 0.25) is 0 Å². The SMILES string of the molecule is CC(C)(Cc1ncccc1C=O)C(N)=O. The van der Waals surface area contributed by atoms with Crippen molar-refractivity contribution in [2.45, 2.75) is 20.3 Å². The summed E-state index contributed by atoms with van der Waals surface area (Å²) in [6.45, 7) is 3.47. The Kier molecular flexibility index (Phi) is 3.19. The zero-order valence-electron chi connectivity index (χ0n) is 8.86. The second kappa shape index (κ2) is 4.21. The molecule has 0 saturated heterocycles. The Morgan fingerprint density at radius 2 is 2.27 bits per heavy atom. The minimum atomic E-state index is -0.688. The summed E-state index contributed by atoms with van der Waals surface area (Å²) in [5.41, 5.74) is 5.68. The predicted octanol–water partition coefficient (Wildman–Crippen LogP) is 0.948. The number of nitrogens with zero attached hydrogens (tertiary/aromatic N) is 1. The minimum Gasteiger partial charge on any atom is -0.369 e. The molecule has 0 atom stereocenters. The van der Waals surface area contributed by atoms with Crippen molar-refractivity contribution >= 4 is 12.2 Å². The molecule has 0 spiro atoms. The molecule has 0 aliphatic rings. The number of hydrogen-bond donors (Lipinski definition) is 1. The van der Waals surface area contributed by atoms with E-state index in [2.05, 4.69) is 4.98 Å². The van der Waals surface area contributed by atoms with E-state index in [4.69, 9.17) is 5.73 Å². The third-order valence-electron chi connectivity index (χ3n) is 2.33. The van der Waals surface area contributed by atoms with Crippen molar-refractivity contribution < 1.29 is 9.59 Å². The Labute approximate surface area is 88.5 Å². The third kappa shape index (κ3) is 2.62. The fourth-order valence-corrected chi connectivity index (χ4v) is 1.21. The van der Waals surface area contributed by atoms with E-state index in [-0.39, 0.29) is 0 Å². The molecule has 80 valence electrons. The summed E-state index contributed by atoms with van der Waals surface area (Å²) in [6.07, 6.45) is 2.70. The maximum atomic E-state index is 11.1. The van der Waals surface area contributed by atoms with Gasteiger partial charge in [0.1, 0.15) is 0 Å². The van der Waals surface area contributed by atoms with Gasteiger partial charge in [-0.15, -0.1) is 0 Å². The van der Waals surface area contributed by atoms with Crippen LogP contribution in [0, 0.1) is 5.41 Å². The fourth-order valence-electron chi connectivity index (χ4n) is 1.21. The summed E-state index contributed by atoms with van der Waals surface area (Å²) < 4.78 is 0. The number of aromatic nitrogens is 1. The highest BCUT2D eigenvalue weighted by Gasteiger charge is 2.26. The van der Waals surface area contributed by atoms with E-state index in [9.17, 15) is 9.59 Å². The van der Waals surface area contributed by atoms with Gasteiger partial charge in [0.25, 0.3) is 0 Å². The number of amides is 1. The van der Waals surface area contributed by atoms with Crippen LogP contribution in [-0.2, 0) is 11.2 Å². The van der Waals surface area contributed by atoms with Gasteiger partial charge in [-0.3, -0.25) is 14.6 Å². The summed E-state index contributed by atoms with van der Waals surface area (Å²) in [5.74, 6) is -0.398. The van der Waals surface area contributed by atoms with Crippen molar-refractivity contribution in [3.8, 4) is 0 Å². The Hall–Kier alpha value is -1.71. The predicted molar refractivity (Wildman–Crippen MR) is 56.3 cm³/mol. The van der Waals surface area contributed by atoms with Gasteiger partial charge in [0, 0.05) is 23.6 Å². The molecule has 2 N–H and O–H groups in total. The van der Waals surface area contributed by atoms with E-state index in [1.807, 2.05) is 0 Å². The molecule has 1 aromatic rings. The molecule has 0 radical (unpaired) electrons. The molecule has 1 amide bonds. The van der Waals surface area contributed by atoms with Crippen LogP contribution >= 0.6 is 0 Å². The van der Waals surface area contributed by atoms with Crippen LogP contribution in [0.25, 0.3) is 0 Å². The topological polar surface area (TPSA) is 73.1 Å². The lowest BCUT2D eigenvalue weighted by atomic mass is 9.86. The molecule has 0 saturated carbocycles. The summed E-state index contributed by atoms with van der Waals surface area (Å²) in [6, 6.07) is 3.36. The van der Waals surface area contributed by atoms with Gasteiger partial charge in [-0.25, -0.2) is 0 Å². The van der Waals surface area contributed by atoms with Crippen molar-refractivity contribution in [2.24, 2.45) is 11.1 Å². The summed E-state index contributed by atoms with van der Waals surface area (Å²) >= 11 is 0. The quantitative estimate of drug-likeness (QED) is 0.745. The third-order valence-corrected chi connectivity index (χ3v) is 2.33. The molecule has 0 bridgehead atoms. The lowest BCUT2D eigenvalue weighted by Crippen LogP contribution is -2.34. The molecule has 0 unspecified atom stereocenters. The molecular formula is C11H14N2O2. The molecule has 15 heavy (non-hydrogen) atoms. The van der Waals surface area contributed by atoms with Crippen molar-refractivity contribution in [1.29, 1.82) is 0 Å². The van der Waals surface area contributed by atoms with Gasteiger partial charge in [-0.2, -0.15) is 0 Å². The highest BCUT2D eigenvalue weighted by Crippen LogP contribution is 2.21. The molecule has 0 aromatic carbocycles. The lowest BCUT2D eigenvalue weighted by Gasteiger charge is -2.20. The number of pyridine rings is 1. The molecule has 0 aliphatic heterocycles. The average Bonchev–Trinajstić information content (AvgIpc) is 2.18. The van der Waals surface area contributed by atoms with Crippen LogP contribution in [0.3, 0.4) is 0 Å². The van der Waals surface area contributed by atoms with Crippen molar-refractivity contribution in [3.05, 3.63) is 29.6 Å². The Morgan fingerprint density at radius 1 is 1.60 bits per heavy atom. The number of hydrogen-bond acceptors (Lipinski definition) is 3. The molecule has 4 heteroatoms. The maximum Gasteiger partial charge on any atom is 0.223 e. The number of aldehydes is 1. The van der Waals surface area contributed by atoms with Crippen molar-refractivity contribution in [3.63, 3.8) is 0 Å². The largest absolute Gasteiger partial charge is 0.369 e. The fraction of sp³-hybridized carbons (Fsp3) is 0.364. The molecule has 1 rings (SSSR count). The van der Waals surface area contributed by atoms with Crippen LogP contribution < -0.4 is 5.73 Å². The van der Waals surface area contributed by atoms with Gasteiger partial charge in [-0.05, 0) is 12.1 Å². The van der Waals surface area contributed by atoms with Crippen molar-refractivity contribution in [2.75, 3.05) is 0 Å². The first kappa shape index (κ1) is 11.4. The summed E-state index contributed by atoms with van der Waals surface area (Å²) in [7, 11) is 0. The first-order valence-corrected chi connectivity index (χ1v) is 4.66. The smallest absolute Gasteiger partial charge is 0.223 e. The van der Waals surface area contributed by atoms with E-state index in [0.717, 1.165) is 6.29 Å². The monoisotopic (exact) mass is 206 g/mol. The van der Waals surface area contributed by atoms with Crippen LogP contribution in [0.5, 0.6) is 0 Å². The Balaban J connectivity index is 2.98.